The molecule has 2 nitrogen and oxygen atoms in total. The highest BCUT2D eigenvalue weighted by Crippen LogP contribution is 2.16. The molecular weight excluding hydrogens is 126 g/mol. The van der Waals surface area contributed by atoms with Crippen LogP contribution in [0.3, 0.4) is 0 Å². The summed E-state index contributed by atoms with van der Waals surface area (Å²) in [6.07, 6.45) is 4.72. The lowest BCUT2D eigenvalue weighted by molar-refractivity contribution is 0.0471. The molecule has 56 valence electrons. The number of allylic oxidation sites excluding steroid dienone is 1. The topological polar surface area (TPSA) is 12.5 Å². The third kappa shape index (κ3) is 1.39. The Labute approximate surface area is 61.8 Å². The van der Waals surface area contributed by atoms with Gasteiger partial charge in [-0.2, -0.15) is 0 Å². The van der Waals surface area contributed by atoms with E-state index in [0.717, 1.165) is 12.0 Å². The molecule has 0 saturated heterocycles. The number of likely N-dealkylation sites (N-methyl/N-ethyl adjacent to an activating group) is 1. The zero-order chi connectivity index (χ0) is 7.56. The van der Waals surface area contributed by atoms with E-state index in [1.807, 2.05) is 25.1 Å². The van der Waals surface area contributed by atoms with Crippen LogP contribution in [0.1, 0.15) is 6.42 Å². The van der Waals surface area contributed by atoms with Gasteiger partial charge in [0, 0.05) is 0 Å². The smallest absolute Gasteiger partial charge is 0.173 e. The number of ether oxygens (including phenoxy) is 1. The lowest BCUT2D eigenvalue weighted by atomic mass is 10.1. The summed E-state index contributed by atoms with van der Waals surface area (Å²) >= 11 is 0. The van der Waals surface area contributed by atoms with Crippen molar-refractivity contribution in [3.05, 3.63) is 24.5 Å². The van der Waals surface area contributed by atoms with Gasteiger partial charge < -0.3 is 4.74 Å². The summed E-state index contributed by atoms with van der Waals surface area (Å²) in [5, 5.41) is 0. The van der Waals surface area contributed by atoms with Gasteiger partial charge in [0.2, 0.25) is 0 Å². The Hall–Kier alpha value is -0.760. The summed E-state index contributed by atoms with van der Waals surface area (Å²) in [4.78, 5) is 2.01. The summed E-state index contributed by atoms with van der Waals surface area (Å²) in [6.45, 7) is 3.90. The van der Waals surface area contributed by atoms with Crippen molar-refractivity contribution in [2.45, 2.75) is 12.6 Å². The number of hydrogen-bond donors (Lipinski definition) is 0. The Balaban J connectivity index is 2.59. The Bertz CT molecular complexity index is 161. The average molecular weight is 139 g/mol. The Kier molecular flexibility index (Phi) is 2.12. The van der Waals surface area contributed by atoms with Crippen LogP contribution in [0.5, 0.6) is 0 Å². The predicted octanol–water partition coefficient (Wildman–Crippen LogP) is 1.36. The molecule has 0 bridgehead atoms. The van der Waals surface area contributed by atoms with Crippen LogP contribution in [-0.4, -0.2) is 25.2 Å². The quantitative estimate of drug-likeness (QED) is 0.509. The van der Waals surface area contributed by atoms with E-state index in [4.69, 9.17) is 4.74 Å². The van der Waals surface area contributed by atoms with Crippen molar-refractivity contribution < 1.29 is 4.74 Å². The number of rotatable bonds is 1. The van der Waals surface area contributed by atoms with Crippen LogP contribution in [-0.2, 0) is 4.74 Å². The molecule has 0 fully saturated rings. The molecule has 1 unspecified atom stereocenters. The van der Waals surface area contributed by atoms with Crippen molar-refractivity contribution in [3.8, 4) is 0 Å². The molecule has 1 atom stereocenters. The summed E-state index contributed by atoms with van der Waals surface area (Å²) in [6, 6.07) is 0. The third-order valence-electron chi connectivity index (χ3n) is 1.50. The monoisotopic (exact) mass is 139 g/mol. The van der Waals surface area contributed by atoms with Gasteiger partial charge in [0.15, 0.2) is 6.23 Å². The first-order chi connectivity index (χ1) is 4.72. The summed E-state index contributed by atoms with van der Waals surface area (Å²) in [5.41, 5.74) is 1.12. The van der Waals surface area contributed by atoms with Gasteiger partial charge in [-0.05, 0) is 32.2 Å². The first-order valence-corrected chi connectivity index (χ1v) is 3.36. The molecule has 0 saturated carbocycles. The van der Waals surface area contributed by atoms with E-state index in [0.29, 0.717) is 0 Å². The molecule has 0 aromatic rings. The highest BCUT2D eigenvalue weighted by Gasteiger charge is 2.16. The molecule has 1 aliphatic rings. The van der Waals surface area contributed by atoms with E-state index in [1.165, 1.54) is 0 Å². The lowest BCUT2D eigenvalue weighted by Gasteiger charge is -2.27. The van der Waals surface area contributed by atoms with Crippen LogP contribution >= 0.6 is 0 Å². The zero-order valence-electron chi connectivity index (χ0n) is 6.50. The van der Waals surface area contributed by atoms with Crippen molar-refractivity contribution >= 4 is 0 Å². The Morgan fingerprint density at radius 3 is 2.80 bits per heavy atom. The Morgan fingerprint density at radius 2 is 2.40 bits per heavy atom. The van der Waals surface area contributed by atoms with Crippen molar-refractivity contribution in [1.82, 2.24) is 4.90 Å². The molecule has 0 aromatic carbocycles. The fourth-order valence-electron chi connectivity index (χ4n) is 1.01. The number of hydrogen-bond acceptors (Lipinski definition) is 2. The lowest BCUT2D eigenvalue weighted by Crippen LogP contribution is -2.32. The minimum Gasteiger partial charge on any atom is -0.479 e. The van der Waals surface area contributed by atoms with Crippen LogP contribution < -0.4 is 0 Å². The first kappa shape index (κ1) is 7.35. The van der Waals surface area contributed by atoms with Crippen molar-refractivity contribution in [2.75, 3.05) is 14.1 Å². The molecule has 1 heterocycles. The second-order valence-electron chi connectivity index (χ2n) is 2.69. The van der Waals surface area contributed by atoms with Crippen LogP contribution in [0, 0.1) is 0 Å². The molecule has 1 aliphatic heterocycles. The molecule has 0 amide bonds. The van der Waals surface area contributed by atoms with Crippen molar-refractivity contribution in [2.24, 2.45) is 0 Å². The molecule has 0 radical (unpaired) electrons. The number of nitrogens with zero attached hydrogens (tertiary/aromatic N) is 1. The van der Waals surface area contributed by atoms with Gasteiger partial charge in [0.1, 0.15) is 0 Å². The second-order valence-corrected chi connectivity index (χ2v) is 2.69. The van der Waals surface area contributed by atoms with E-state index in [9.17, 15) is 0 Å². The van der Waals surface area contributed by atoms with Gasteiger partial charge in [0.25, 0.3) is 0 Å². The van der Waals surface area contributed by atoms with Crippen LogP contribution in [0.15, 0.2) is 24.5 Å². The summed E-state index contributed by atoms with van der Waals surface area (Å²) in [5.74, 6) is 0. The fraction of sp³-hybridized carbons (Fsp3) is 0.500. The van der Waals surface area contributed by atoms with Crippen molar-refractivity contribution in [3.63, 3.8) is 0 Å². The fourth-order valence-corrected chi connectivity index (χ4v) is 1.01. The van der Waals surface area contributed by atoms with Gasteiger partial charge in [-0.25, -0.2) is 0 Å². The van der Waals surface area contributed by atoms with Crippen molar-refractivity contribution in [1.29, 1.82) is 0 Å². The minimum atomic E-state index is 0.0741. The van der Waals surface area contributed by atoms with Gasteiger partial charge >= 0.3 is 0 Å². The second kappa shape index (κ2) is 2.88. The molecule has 10 heavy (non-hydrogen) atoms. The zero-order valence-corrected chi connectivity index (χ0v) is 6.50. The van der Waals surface area contributed by atoms with E-state index >= 15 is 0 Å². The van der Waals surface area contributed by atoms with E-state index < -0.39 is 0 Å². The minimum absolute atomic E-state index is 0.0741. The Morgan fingerprint density at radius 1 is 1.70 bits per heavy atom. The SMILES string of the molecule is C=C1CC=COC1N(C)C. The van der Waals surface area contributed by atoms with E-state index in [-0.39, 0.29) is 6.23 Å². The molecule has 2 heteroatoms. The van der Waals surface area contributed by atoms with Gasteiger partial charge in [-0.1, -0.05) is 6.58 Å². The molecular formula is C8H13NO. The maximum atomic E-state index is 5.30. The third-order valence-corrected chi connectivity index (χ3v) is 1.50. The van der Waals surface area contributed by atoms with Gasteiger partial charge in [-0.3, -0.25) is 4.90 Å². The molecule has 0 aliphatic carbocycles. The first-order valence-electron chi connectivity index (χ1n) is 3.36. The molecule has 0 aromatic heterocycles. The van der Waals surface area contributed by atoms with Gasteiger partial charge in [0.05, 0.1) is 6.26 Å². The highest BCUT2D eigenvalue weighted by atomic mass is 16.5. The predicted molar refractivity (Wildman–Crippen MR) is 41.5 cm³/mol. The van der Waals surface area contributed by atoms with E-state index in [1.54, 1.807) is 6.26 Å². The van der Waals surface area contributed by atoms with Crippen LogP contribution in [0.25, 0.3) is 0 Å². The maximum absolute atomic E-state index is 5.30. The molecule has 0 N–H and O–H groups in total. The summed E-state index contributed by atoms with van der Waals surface area (Å²) in [7, 11) is 3.96. The molecule has 0 spiro atoms. The van der Waals surface area contributed by atoms with E-state index in [2.05, 4.69) is 6.58 Å². The van der Waals surface area contributed by atoms with Gasteiger partial charge in [-0.15, -0.1) is 0 Å². The largest absolute Gasteiger partial charge is 0.479 e. The van der Waals surface area contributed by atoms with Crippen LogP contribution in [0.2, 0.25) is 0 Å². The highest BCUT2D eigenvalue weighted by molar-refractivity contribution is 5.10. The normalized spacial score (nSPS) is 25.1. The summed E-state index contributed by atoms with van der Waals surface area (Å²) < 4.78 is 5.30. The van der Waals surface area contributed by atoms with Crippen LogP contribution in [0.4, 0.5) is 0 Å². The maximum Gasteiger partial charge on any atom is 0.173 e. The average Bonchev–Trinajstić information content (AvgIpc) is 1.88. The molecule has 1 rings (SSSR count). The standard InChI is InChI=1S/C8H13NO/c1-7-5-4-6-10-8(7)9(2)3/h4,6,8H,1,5H2,2-3H3.